The summed E-state index contributed by atoms with van der Waals surface area (Å²) in [7, 11) is 0. The van der Waals surface area contributed by atoms with Crippen molar-refractivity contribution in [3.63, 3.8) is 0 Å². The Morgan fingerprint density at radius 1 is 1.26 bits per heavy atom. The fraction of sp³-hybridized carbons (Fsp3) is 0.300. The molecule has 2 heterocycles. The molecular weight excluding hydrogens is 346 g/mol. The van der Waals surface area contributed by atoms with Gasteiger partial charge in [-0.2, -0.15) is 0 Å². The minimum Gasteiger partial charge on any atom is -0.462 e. The highest BCUT2D eigenvalue weighted by molar-refractivity contribution is 5.97. The van der Waals surface area contributed by atoms with Crippen molar-refractivity contribution in [1.29, 1.82) is 0 Å². The third-order valence-corrected chi connectivity index (χ3v) is 4.32. The Morgan fingerprint density at radius 3 is 2.78 bits per heavy atom. The van der Waals surface area contributed by atoms with Gasteiger partial charge in [0, 0.05) is 25.7 Å². The summed E-state index contributed by atoms with van der Waals surface area (Å²) >= 11 is 0. The fourth-order valence-corrected chi connectivity index (χ4v) is 2.97. The van der Waals surface area contributed by atoms with Gasteiger partial charge in [0.2, 0.25) is 11.8 Å². The van der Waals surface area contributed by atoms with Gasteiger partial charge in [0.05, 0.1) is 18.1 Å². The first-order valence-corrected chi connectivity index (χ1v) is 8.82. The predicted molar refractivity (Wildman–Crippen MR) is 98.8 cm³/mol. The minimum absolute atomic E-state index is 0.0489. The molecule has 0 bridgehead atoms. The van der Waals surface area contributed by atoms with E-state index in [1.54, 1.807) is 11.8 Å². The van der Waals surface area contributed by atoms with Gasteiger partial charge in [-0.15, -0.1) is 0 Å². The van der Waals surface area contributed by atoms with Crippen molar-refractivity contribution in [1.82, 2.24) is 9.88 Å². The Balaban J connectivity index is 1.61. The molecule has 1 aliphatic rings. The number of anilines is 1. The van der Waals surface area contributed by atoms with Crippen LogP contribution in [-0.4, -0.2) is 40.8 Å². The normalized spacial score (nSPS) is 16.3. The molecule has 1 aromatic carbocycles. The summed E-state index contributed by atoms with van der Waals surface area (Å²) < 4.78 is 4.94. The molecule has 0 saturated carbocycles. The van der Waals surface area contributed by atoms with Crippen molar-refractivity contribution >= 4 is 23.6 Å². The van der Waals surface area contributed by atoms with Gasteiger partial charge in [-0.25, -0.2) is 9.78 Å². The predicted octanol–water partition coefficient (Wildman–Crippen LogP) is 2.25. The Bertz CT molecular complexity index is 838. The largest absolute Gasteiger partial charge is 0.462 e. The molecule has 1 fully saturated rings. The summed E-state index contributed by atoms with van der Waals surface area (Å²) in [5.41, 5.74) is 1.34. The number of nitrogens with zero attached hydrogens (tertiary/aromatic N) is 2. The van der Waals surface area contributed by atoms with Crippen LogP contribution in [-0.2, 0) is 20.9 Å². The van der Waals surface area contributed by atoms with Gasteiger partial charge >= 0.3 is 5.97 Å². The third kappa shape index (κ3) is 4.69. The number of benzene rings is 1. The van der Waals surface area contributed by atoms with Crippen molar-refractivity contribution in [3.05, 3.63) is 59.8 Å². The second-order valence-electron chi connectivity index (χ2n) is 6.30. The van der Waals surface area contributed by atoms with Crippen LogP contribution in [0.3, 0.4) is 0 Å². The lowest BCUT2D eigenvalue weighted by Gasteiger charge is -2.16. The first kappa shape index (κ1) is 18.6. The first-order chi connectivity index (χ1) is 13.1. The van der Waals surface area contributed by atoms with Gasteiger partial charge < -0.3 is 15.0 Å². The fourth-order valence-electron chi connectivity index (χ4n) is 2.97. The summed E-state index contributed by atoms with van der Waals surface area (Å²) in [5.74, 6) is -0.992. The summed E-state index contributed by atoms with van der Waals surface area (Å²) in [4.78, 5) is 42.3. The number of ether oxygens (including phenoxy) is 1. The Labute approximate surface area is 157 Å². The maximum absolute atomic E-state index is 12.5. The van der Waals surface area contributed by atoms with E-state index >= 15 is 0 Å². The molecule has 7 heteroatoms. The molecule has 140 valence electrons. The summed E-state index contributed by atoms with van der Waals surface area (Å²) in [5, 5.41) is 2.69. The van der Waals surface area contributed by atoms with Gasteiger partial charge in [0.25, 0.3) is 0 Å². The molecule has 2 amide bonds. The van der Waals surface area contributed by atoms with Gasteiger partial charge in [0.1, 0.15) is 5.82 Å². The second-order valence-corrected chi connectivity index (χ2v) is 6.30. The first-order valence-electron chi connectivity index (χ1n) is 8.82. The van der Waals surface area contributed by atoms with Crippen LogP contribution in [0.15, 0.2) is 48.7 Å². The zero-order chi connectivity index (χ0) is 19.2. The number of pyridine rings is 1. The SMILES string of the molecule is CCOC(=O)c1ccnc(NC(=O)C2CC(=O)N(Cc3ccccc3)C2)c1. The van der Waals surface area contributed by atoms with Crippen molar-refractivity contribution < 1.29 is 19.1 Å². The lowest BCUT2D eigenvalue weighted by Crippen LogP contribution is -2.28. The molecular formula is C20H21N3O4. The highest BCUT2D eigenvalue weighted by Crippen LogP contribution is 2.22. The van der Waals surface area contributed by atoms with E-state index < -0.39 is 11.9 Å². The van der Waals surface area contributed by atoms with Gasteiger partial charge in [-0.05, 0) is 24.6 Å². The zero-order valence-corrected chi connectivity index (χ0v) is 15.1. The molecule has 1 N–H and O–H groups in total. The van der Waals surface area contributed by atoms with Crippen molar-refractivity contribution in [2.75, 3.05) is 18.5 Å². The van der Waals surface area contributed by atoms with Crippen LogP contribution >= 0.6 is 0 Å². The van der Waals surface area contributed by atoms with E-state index in [4.69, 9.17) is 4.74 Å². The molecule has 1 aromatic heterocycles. The number of nitrogens with one attached hydrogen (secondary N) is 1. The molecule has 2 aromatic rings. The standard InChI is InChI=1S/C20H21N3O4/c1-2-27-20(26)15-8-9-21-17(10-15)22-19(25)16-11-18(24)23(13-16)12-14-6-4-3-5-7-14/h3-10,16H,2,11-13H2,1H3,(H,21,22,25). The summed E-state index contributed by atoms with van der Waals surface area (Å²) in [6.45, 7) is 2.83. The quantitative estimate of drug-likeness (QED) is 0.791. The van der Waals surface area contributed by atoms with Crippen LogP contribution < -0.4 is 5.32 Å². The van der Waals surface area contributed by atoms with E-state index in [0.29, 0.717) is 18.7 Å². The zero-order valence-electron chi connectivity index (χ0n) is 15.1. The van der Waals surface area contributed by atoms with Crippen LogP contribution in [0.4, 0.5) is 5.82 Å². The Kier molecular flexibility index (Phi) is 5.80. The van der Waals surface area contributed by atoms with Gasteiger partial charge in [-0.1, -0.05) is 30.3 Å². The van der Waals surface area contributed by atoms with Crippen LogP contribution in [0.2, 0.25) is 0 Å². The Morgan fingerprint density at radius 2 is 2.04 bits per heavy atom. The number of hydrogen-bond donors (Lipinski definition) is 1. The van der Waals surface area contributed by atoms with E-state index in [1.165, 1.54) is 18.3 Å². The van der Waals surface area contributed by atoms with Crippen molar-refractivity contribution in [2.45, 2.75) is 19.9 Å². The number of carbonyl (C=O) groups excluding carboxylic acids is 3. The maximum atomic E-state index is 12.5. The van der Waals surface area contributed by atoms with Crippen molar-refractivity contribution in [2.24, 2.45) is 5.92 Å². The number of hydrogen-bond acceptors (Lipinski definition) is 5. The van der Waals surface area contributed by atoms with Gasteiger partial charge in [0.15, 0.2) is 0 Å². The number of aromatic nitrogens is 1. The molecule has 0 aliphatic carbocycles. The monoisotopic (exact) mass is 367 g/mol. The third-order valence-electron chi connectivity index (χ3n) is 4.32. The van der Waals surface area contributed by atoms with E-state index in [-0.39, 0.29) is 30.7 Å². The smallest absolute Gasteiger partial charge is 0.338 e. The van der Waals surface area contributed by atoms with Crippen LogP contribution in [0, 0.1) is 5.92 Å². The van der Waals surface area contributed by atoms with Crippen LogP contribution in [0.25, 0.3) is 0 Å². The minimum atomic E-state index is -0.472. The number of esters is 1. The molecule has 27 heavy (non-hydrogen) atoms. The molecule has 7 nitrogen and oxygen atoms in total. The number of rotatable bonds is 6. The maximum Gasteiger partial charge on any atom is 0.338 e. The van der Waals surface area contributed by atoms with Crippen molar-refractivity contribution in [3.8, 4) is 0 Å². The number of carbonyl (C=O) groups is 3. The van der Waals surface area contributed by atoms with Crippen LogP contribution in [0.1, 0.15) is 29.3 Å². The molecule has 1 saturated heterocycles. The van der Waals surface area contributed by atoms with E-state index in [0.717, 1.165) is 5.56 Å². The average Bonchev–Trinajstić information content (AvgIpc) is 3.04. The molecule has 0 spiro atoms. The van der Waals surface area contributed by atoms with E-state index in [1.807, 2.05) is 30.3 Å². The number of amides is 2. The van der Waals surface area contributed by atoms with E-state index in [9.17, 15) is 14.4 Å². The van der Waals surface area contributed by atoms with Crippen LogP contribution in [0.5, 0.6) is 0 Å². The highest BCUT2D eigenvalue weighted by Gasteiger charge is 2.34. The molecule has 1 atom stereocenters. The van der Waals surface area contributed by atoms with E-state index in [2.05, 4.69) is 10.3 Å². The molecule has 3 rings (SSSR count). The van der Waals surface area contributed by atoms with Gasteiger partial charge in [-0.3, -0.25) is 9.59 Å². The summed E-state index contributed by atoms with van der Waals surface area (Å²) in [6, 6.07) is 12.6. The lowest BCUT2D eigenvalue weighted by atomic mass is 10.1. The molecule has 1 unspecified atom stereocenters. The highest BCUT2D eigenvalue weighted by atomic mass is 16.5. The molecule has 1 aliphatic heterocycles. The number of likely N-dealkylation sites (tertiary alicyclic amines) is 1. The lowest BCUT2D eigenvalue weighted by molar-refractivity contribution is -0.128. The Hall–Kier alpha value is -3.22. The average molecular weight is 367 g/mol. The topological polar surface area (TPSA) is 88.6 Å². The summed E-state index contributed by atoms with van der Waals surface area (Å²) in [6.07, 6.45) is 1.60. The molecule has 0 radical (unpaired) electrons. The second kappa shape index (κ2) is 8.44.